The number of nitrogens with two attached hydrogens (primary N) is 1. The minimum absolute atomic E-state index is 0.115. The van der Waals surface area contributed by atoms with Gasteiger partial charge in [0, 0.05) is 12.6 Å². The molecule has 3 aromatic rings. The lowest BCUT2D eigenvalue weighted by atomic mass is 10.1. The number of hydrogen-bond donors (Lipinski definition) is 1. The second-order valence-corrected chi connectivity index (χ2v) is 6.23. The molecule has 0 amide bonds. The third-order valence-electron chi connectivity index (χ3n) is 3.62. The van der Waals surface area contributed by atoms with Crippen LogP contribution in [0.3, 0.4) is 0 Å². The van der Waals surface area contributed by atoms with E-state index in [1.807, 2.05) is 31.2 Å². The number of hydrogen-bond acceptors (Lipinski definition) is 6. The number of ether oxygens (including phenoxy) is 1. The zero-order valence-electron chi connectivity index (χ0n) is 12.9. The highest BCUT2D eigenvalue weighted by molar-refractivity contribution is 7.23. The molecule has 0 saturated heterocycles. The van der Waals surface area contributed by atoms with Gasteiger partial charge in [-0.25, -0.2) is 9.48 Å². The van der Waals surface area contributed by atoms with Crippen LogP contribution in [0.1, 0.15) is 15.9 Å². The van der Waals surface area contributed by atoms with Gasteiger partial charge in [-0.2, -0.15) is 5.10 Å². The fourth-order valence-corrected chi connectivity index (χ4v) is 3.48. The van der Waals surface area contributed by atoms with Gasteiger partial charge in [0.25, 0.3) is 5.56 Å². The molecule has 1 aromatic carbocycles. The van der Waals surface area contributed by atoms with Gasteiger partial charge in [-0.05, 0) is 6.92 Å². The Morgan fingerprint density at radius 3 is 2.57 bits per heavy atom. The summed E-state index contributed by atoms with van der Waals surface area (Å²) in [6, 6.07) is 7.78. The van der Waals surface area contributed by atoms with E-state index in [2.05, 4.69) is 5.10 Å². The van der Waals surface area contributed by atoms with Crippen LogP contribution in [0.5, 0.6) is 0 Å². The van der Waals surface area contributed by atoms with Crippen molar-refractivity contribution in [1.82, 2.24) is 9.78 Å². The molecule has 0 aliphatic rings. The number of rotatable bonds is 2. The van der Waals surface area contributed by atoms with Crippen molar-refractivity contribution in [2.75, 3.05) is 12.8 Å². The number of benzene rings is 1. The molecule has 0 saturated carbocycles. The van der Waals surface area contributed by atoms with Crippen molar-refractivity contribution < 1.29 is 9.53 Å². The van der Waals surface area contributed by atoms with Gasteiger partial charge in [0.1, 0.15) is 16.3 Å². The Kier molecular flexibility index (Phi) is 3.65. The van der Waals surface area contributed by atoms with Crippen LogP contribution in [-0.2, 0) is 11.8 Å². The molecule has 3 rings (SSSR count). The average Bonchev–Trinajstić information content (AvgIpc) is 2.88. The molecular weight excluding hydrogens is 314 g/mol. The number of carbonyl (C=O) groups excluding carboxylic acids is 1. The molecule has 0 fully saturated rings. The third kappa shape index (κ3) is 2.39. The summed E-state index contributed by atoms with van der Waals surface area (Å²) >= 11 is 1.17. The molecule has 0 unspecified atom stereocenters. The summed E-state index contributed by atoms with van der Waals surface area (Å²) in [6.07, 6.45) is 0. The summed E-state index contributed by atoms with van der Waals surface area (Å²) in [4.78, 5) is 24.5. The molecule has 118 valence electrons. The number of nitrogen functional groups attached to an aromatic ring is 1. The number of fused-ring (bicyclic) bond motifs is 1. The van der Waals surface area contributed by atoms with Crippen molar-refractivity contribution in [3.05, 3.63) is 45.7 Å². The number of nitrogens with zero attached hydrogens (tertiary/aromatic N) is 2. The number of thiophene rings is 1. The van der Waals surface area contributed by atoms with Gasteiger partial charge in [-0.15, -0.1) is 11.3 Å². The highest BCUT2D eigenvalue weighted by atomic mass is 32.1. The lowest BCUT2D eigenvalue weighted by Crippen LogP contribution is -2.21. The molecule has 7 heteroatoms. The number of anilines is 1. The highest BCUT2D eigenvalue weighted by Gasteiger charge is 2.24. The van der Waals surface area contributed by atoms with Gasteiger partial charge in [0.15, 0.2) is 0 Å². The zero-order valence-corrected chi connectivity index (χ0v) is 13.7. The Morgan fingerprint density at radius 1 is 1.30 bits per heavy atom. The standard InChI is InChI=1S/C16H15N3O3S/c1-8-4-6-9(7-5-8)12-13-10(15(20)19(2)18-12)11(14(17)23-13)16(21)22-3/h4-7H,17H2,1-3H3. The topological polar surface area (TPSA) is 87.2 Å². The maximum atomic E-state index is 12.5. The van der Waals surface area contributed by atoms with Gasteiger partial charge in [-0.3, -0.25) is 4.79 Å². The van der Waals surface area contributed by atoms with E-state index in [0.29, 0.717) is 10.4 Å². The van der Waals surface area contributed by atoms with E-state index in [0.717, 1.165) is 11.1 Å². The first kappa shape index (κ1) is 15.2. The fraction of sp³-hybridized carbons (Fsp3) is 0.188. The Bertz CT molecular complexity index is 971. The predicted octanol–water partition coefficient (Wildman–Crippen LogP) is 2.34. The molecule has 0 atom stereocenters. The van der Waals surface area contributed by atoms with Crippen LogP contribution in [0, 0.1) is 6.92 Å². The van der Waals surface area contributed by atoms with E-state index in [1.165, 1.54) is 23.1 Å². The molecule has 2 heterocycles. The van der Waals surface area contributed by atoms with Crippen molar-refractivity contribution in [2.45, 2.75) is 6.92 Å². The summed E-state index contributed by atoms with van der Waals surface area (Å²) in [6.45, 7) is 1.99. The monoisotopic (exact) mass is 329 g/mol. The number of carbonyl (C=O) groups is 1. The van der Waals surface area contributed by atoms with Crippen LogP contribution in [0.15, 0.2) is 29.1 Å². The number of esters is 1. The van der Waals surface area contributed by atoms with Crippen LogP contribution in [0.4, 0.5) is 5.00 Å². The van der Waals surface area contributed by atoms with Crippen molar-refractivity contribution in [3.63, 3.8) is 0 Å². The largest absolute Gasteiger partial charge is 0.465 e. The van der Waals surface area contributed by atoms with E-state index >= 15 is 0 Å². The summed E-state index contributed by atoms with van der Waals surface area (Å²) < 4.78 is 6.57. The Hall–Kier alpha value is -2.67. The molecule has 0 bridgehead atoms. The Morgan fingerprint density at radius 2 is 1.96 bits per heavy atom. The second kappa shape index (κ2) is 5.51. The van der Waals surface area contributed by atoms with Gasteiger partial charge >= 0.3 is 5.97 Å². The molecule has 2 aromatic heterocycles. The SMILES string of the molecule is COC(=O)c1c(N)sc2c(-c3ccc(C)cc3)nn(C)c(=O)c12. The second-order valence-electron chi connectivity index (χ2n) is 5.18. The third-order valence-corrected chi connectivity index (χ3v) is 4.65. The summed E-state index contributed by atoms with van der Waals surface area (Å²) in [5.41, 5.74) is 8.30. The molecule has 0 aliphatic heterocycles. The molecule has 0 aliphatic carbocycles. The molecule has 0 radical (unpaired) electrons. The van der Waals surface area contributed by atoms with Gasteiger partial charge in [-0.1, -0.05) is 29.8 Å². The van der Waals surface area contributed by atoms with E-state index in [4.69, 9.17) is 10.5 Å². The lowest BCUT2D eigenvalue weighted by molar-refractivity contribution is 0.0604. The van der Waals surface area contributed by atoms with Gasteiger partial charge in [0.2, 0.25) is 0 Å². The number of methoxy groups -OCH3 is 1. The number of aryl methyl sites for hydroxylation is 2. The molecular formula is C16H15N3O3S. The predicted molar refractivity (Wildman–Crippen MR) is 90.8 cm³/mol. The summed E-state index contributed by atoms with van der Waals surface area (Å²) in [5, 5.41) is 4.86. The van der Waals surface area contributed by atoms with E-state index in [9.17, 15) is 9.59 Å². The van der Waals surface area contributed by atoms with Gasteiger partial charge in [0.05, 0.1) is 17.2 Å². The van der Waals surface area contributed by atoms with Crippen LogP contribution < -0.4 is 11.3 Å². The van der Waals surface area contributed by atoms with Crippen molar-refractivity contribution in [1.29, 1.82) is 0 Å². The van der Waals surface area contributed by atoms with Gasteiger partial charge < -0.3 is 10.5 Å². The lowest BCUT2D eigenvalue weighted by Gasteiger charge is -2.06. The molecule has 2 N–H and O–H groups in total. The number of aromatic nitrogens is 2. The average molecular weight is 329 g/mol. The van der Waals surface area contributed by atoms with E-state index in [1.54, 1.807) is 7.05 Å². The zero-order chi connectivity index (χ0) is 16.7. The summed E-state index contributed by atoms with van der Waals surface area (Å²) in [5.74, 6) is -0.619. The molecule has 6 nitrogen and oxygen atoms in total. The van der Waals surface area contributed by atoms with Crippen molar-refractivity contribution >= 4 is 32.4 Å². The normalized spacial score (nSPS) is 10.9. The minimum Gasteiger partial charge on any atom is -0.465 e. The smallest absolute Gasteiger partial charge is 0.341 e. The Labute approximate surface area is 136 Å². The van der Waals surface area contributed by atoms with Crippen molar-refractivity contribution in [3.8, 4) is 11.3 Å². The minimum atomic E-state index is -0.619. The maximum absolute atomic E-state index is 12.5. The van der Waals surface area contributed by atoms with Crippen LogP contribution in [0.25, 0.3) is 21.3 Å². The van der Waals surface area contributed by atoms with Crippen LogP contribution in [0.2, 0.25) is 0 Å². The molecule has 0 spiro atoms. The highest BCUT2D eigenvalue weighted by Crippen LogP contribution is 2.37. The van der Waals surface area contributed by atoms with Crippen LogP contribution >= 0.6 is 11.3 Å². The van der Waals surface area contributed by atoms with E-state index < -0.39 is 5.97 Å². The van der Waals surface area contributed by atoms with E-state index in [-0.39, 0.29) is 21.5 Å². The van der Waals surface area contributed by atoms with Crippen molar-refractivity contribution in [2.24, 2.45) is 7.05 Å². The first-order chi connectivity index (χ1) is 10.9. The quantitative estimate of drug-likeness (QED) is 0.729. The fourth-order valence-electron chi connectivity index (χ4n) is 2.43. The summed E-state index contributed by atoms with van der Waals surface area (Å²) in [7, 11) is 2.81. The first-order valence-corrected chi connectivity index (χ1v) is 7.70. The first-order valence-electron chi connectivity index (χ1n) is 6.88. The maximum Gasteiger partial charge on any atom is 0.341 e. The van der Waals surface area contributed by atoms with Crippen LogP contribution in [-0.4, -0.2) is 22.9 Å². The Balaban J connectivity index is 2.42. The molecule has 23 heavy (non-hydrogen) atoms.